The highest BCUT2D eigenvalue weighted by Crippen LogP contribution is 2.36. The Morgan fingerprint density at radius 3 is 2.71 bits per heavy atom. The van der Waals surface area contributed by atoms with Gasteiger partial charge in [-0.25, -0.2) is 0 Å². The van der Waals surface area contributed by atoms with Crippen molar-refractivity contribution in [3.63, 3.8) is 0 Å². The molecule has 3 N–H and O–H groups in total. The van der Waals surface area contributed by atoms with E-state index in [1.165, 1.54) is 0 Å². The van der Waals surface area contributed by atoms with Gasteiger partial charge in [-0.05, 0) is 56.8 Å². The maximum atomic E-state index is 10.4. The summed E-state index contributed by atoms with van der Waals surface area (Å²) in [5.41, 5.74) is 0. The number of allylic oxidation sites excluding steroid dienone is 3. The van der Waals surface area contributed by atoms with Gasteiger partial charge < -0.3 is 15.3 Å². The van der Waals surface area contributed by atoms with Crippen molar-refractivity contribution in [1.82, 2.24) is 0 Å². The summed E-state index contributed by atoms with van der Waals surface area (Å²) in [4.78, 5) is 10.4. The van der Waals surface area contributed by atoms with Crippen LogP contribution in [0.1, 0.15) is 71.1 Å². The minimum absolute atomic E-state index is 0.231. The third kappa shape index (κ3) is 8.65. The van der Waals surface area contributed by atoms with Crippen LogP contribution in [0.4, 0.5) is 0 Å². The number of aliphatic carboxylic acids is 1. The average molecular weight is 338 g/mol. The van der Waals surface area contributed by atoms with Crippen LogP contribution in [0.25, 0.3) is 0 Å². The van der Waals surface area contributed by atoms with Crippen LogP contribution in [-0.4, -0.2) is 33.5 Å². The van der Waals surface area contributed by atoms with Gasteiger partial charge in [0, 0.05) is 6.42 Å². The fourth-order valence-electron chi connectivity index (χ4n) is 3.34. The zero-order chi connectivity index (χ0) is 17.8. The molecule has 1 aliphatic carbocycles. The summed E-state index contributed by atoms with van der Waals surface area (Å²) in [5, 5.41) is 28.7. The van der Waals surface area contributed by atoms with Gasteiger partial charge in [-0.2, -0.15) is 0 Å². The van der Waals surface area contributed by atoms with Crippen LogP contribution in [0, 0.1) is 11.8 Å². The minimum Gasteiger partial charge on any atom is -0.481 e. The molecule has 4 heteroatoms. The lowest BCUT2D eigenvalue weighted by Gasteiger charge is -2.18. The Bertz CT molecular complexity index is 402. The first-order valence-electron chi connectivity index (χ1n) is 9.45. The second-order valence-electron chi connectivity index (χ2n) is 6.91. The highest BCUT2D eigenvalue weighted by molar-refractivity contribution is 5.66. The maximum Gasteiger partial charge on any atom is 0.303 e. The first kappa shape index (κ1) is 20.9. The first-order chi connectivity index (χ1) is 11.5. The molecule has 0 heterocycles. The number of unbranched alkanes of at least 4 members (excludes halogenated alkanes) is 3. The molecule has 0 aromatic rings. The molecule has 1 saturated carbocycles. The molecule has 1 fully saturated rings. The molecule has 4 nitrogen and oxygen atoms in total. The molecule has 0 saturated heterocycles. The molecule has 24 heavy (non-hydrogen) atoms. The summed E-state index contributed by atoms with van der Waals surface area (Å²) in [6.07, 6.45) is 15.9. The molecule has 0 amide bonds. The van der Waals surface area contributed by atoms with E-state index in [0.717, 1.165) is 51.4 Å². The number of hydrogen-bond acceptors (Lipinski definition) is 3. The fraction of sp³-hybridized carbons (Fsp3) is 0.750. The minimum atomic E-state index is -0.733. The van der Waals surface area contributed by atoms with Crippen LogP contribution in [-0.2, 0) is 4.79 Å². The third-order valence-corrected chi connectivity index (χ3v) is 4.86. The van der Waals surface area contributed by atoms with E-state index in [0.29, 0.717) is 12.3 Å². The number of hydrogen-bond donors (Lipinski definition) is 3. The van der Waals surface area contributed by atoms with Crippen molar-refractivity contribution in [3.8, 4) is 0 Å². The van der Waals surface area contributed by atoms with Gasteiger partial charge in [-0.1, -0.05) is 44.1 Å². The van der Waals surface area contributed by atoms with E-state index >= 15 is 0 Å². The standard InChI is InChI=1S/C20H34O4/c1-2-3-9-17(21)14-12-16-13-15-19(22)18(16)10-7-5-4-6-8-11-20(23)24/h5,7,12,14,16-19,21-22H,2-4,6,8-11,13,15H2,1H3,(H,23,24). The van der Waals surface area contributed by atoms with Crippen molar-refractivity contribution < 1.29 is 20.1 Å². The lowest BCUT2D eigenvalue weighted by Crippen LogP contribution is -2.17. The van der Waals surface area contributed by atoms with E-state index in [9.17, 15) is 15.0 Å². The van der Waals surface area contributed by atoms with Crippen LogP contribution >= 0.6 is 0 Å². The van der Waals surface area contributed by atoms with Crippen molar-refractivity contribution in [2.45, 2.75) is 83.3 Å². The summed E-state index contributed by atoms with van der Waals surface area (Å²) in [6, 6.07) is 0. The number of aliphatic hydroxyl groups excluding tert-OH is 2. The number of aliphatic hydroxyl groups is 2. The second kappa shape index (κ2) is 12.3. The van der Waals surface area contributed by atoms with E-state index in [4.69, 9.17) is 5.11 Å². The number of carboxylic acid groups (broad SMARTS) is 1. The molecule has 4 atom stereocenters. The van der Waals surface area contributed by atoms with Crippen molar-refractivity contribution in [3.05, 3.63) is 24.3 Å². The summed E-state index contributed by atoms with van der Waals surface area (Å²) >= 11 is 0. The Balaban J connectivity index is 2.32. The van der Waals surface area contributed by atoms with Crippen LogP contribution < -0.4 is 0 Å². The van der Waals surface area contributed by atoms with Crippen LogP contribution in [0.2, 0.25) is 0 Å². The molecule has 1 rings (SSSR count). The molecule has 0 bridgehead atoms. The van der Waals surface area contributed by atoms with Crippen LogP contribution in [0.15, 0.2) is 24.3 Å². The SMILES string of the molecule is CCCCC(O)C=CC1CCC(O)C1CC=CCCCCC(=O)O. The van der Waals surface area contributed by atoms with E-state index in [-0.39, 0.29) is 24.5 Å². The van der Waals surface area contributed by atoms with Gasteiger partial charge in [-0.3, -0.25) is 4.79 Å². The fourth-order valence-corrected chi connectivity index (χ4v) is 3.34. The average Bonchev–Trinajstić information content (AvgIpc) is 2.90. The maximum absolute atomic E-state index is 10.4. The van der Waals surface area contributed by atoms with Gasteiger partial charge in [0.1, 0.15) is 0 Å². The Morgan fingerprint density at radius 1 is 1.21 bits per heavy atom. The Hall–Kier alpha value is -1.13. The molecule has 138 valence electrons. The van der Waals surface area contributed by atoms with Crippen molar-refractivity contribution in [2.75, 3.05) is 0 Å². The van der Waals surface area contributed by atoms with E-state index in [1.807, 2.05) is 6.08 Å². The Kier molecular flexibility index (Phi) is 10.7. The van der Waals surface area contributed by atoms with Gasteiger partial charge in [0.15, 0.2) is 0 Å². The predicted octanol–water partition coefficient (Wildman–Crippen LogP) is 4.07. The highest BCUT2D eigenvalue weighted by Gasteiger charge is 2.32. The molecule has 0 spiro atoms. The van der Waals surface area contributed by atoms with E-state index < -0.39 is 5.97 Å². The molecular formula is C20H34O4. The van der Waals surface area contributed by atoms with Crippen molar-refractivity contribution >= 4 is 5.97 Å². The quantitative estimate of drug-likeness (QED) is 0.370. The van der Waals surface area contributed by atoms with Gasteiger partial charge >= 0.3 is 5.97 Å². The van der Waals surface area contributed by atoms with Gasteiger partial charge in [0.2, 0.25) is 0 Å². The number of carboxylic acids is 1. The third-order valence-electron chi connectivity index (χ3n) is 4.86. The van der Waals surface area contributed by atoms with Crippen molar-refractivity contribution in [2.24, 2.45) is 11.8 Å². The summed E-state index contributed by atoms with van der Waals surface area (Å²) in [5.74, 6) is -0.161. The molecule has 0 radical (unpaired) electrons. The highest BCUT2D eigenvalue weighted by atomic mass is 16.4. The largest absolute Gasteiger partial charge is 0.481 e. The molecular weight excluding hydrogens is 304 g/mol. The van der Waals surface area contributed by atoms with Crippen LogP contribution in [0.5, 0.6) is 0 Å². The van der Waals surface area contributed by atoms with Crippen molar-refractivity contribution in [1.29, 1.82) is 0 Å². The summed E-state index contributed by atoms with van der Waals surface area (Å²) in [6.45, 7) is 2.12. The van der Waals surface area contributed by atoms with E-state index in [2.05, 4.69) is 25.2 Å². The zero-order valence-electron chi connectivity index (χ0n) is 14.9. The van der Waals surface area contributed by atoms with Crippen LogP contribution in [0.3, 0.4) is 0 Å². The molecule has 0 aromatic carbocycles. The van der Waals surface area contributed by atoms with Gasteiger partial charge in [0.05, 0.1) is 12.2 Å². The lowest BCUT2D eigenvalue weighted by atomic mass is 9.90. The summed E-state index contributed by atoms with van der Waals surface area (Å²) < 4.78 is 0. The Morgan fingerprint density at radius 2 is 2.00 bits per heavy atom. The van der Waals surface area contributed by atoms with Gasteiger partial charge in [-0.15, -0.1) is 0 Å². The van der Waals surface area contributed by atoms with E-state index in [1.54, 1.807) is 0 Å². The zero-order valence-corrected chi connectivity index (χ0v) is 14.9. The number of rotatable bonds is 12. The topological polar surface area (TPSA) is 77.8 Å². The molecule has 1 aliphatic rings. The first-order valence-corrected chi connectivity index (χ1v) is 9.45. The molecule has 0 aromatic heterocycles. The lowest BCUT2D eigenvalue weighted by molar-refractivity contribution is -0.137. The second-order valence-corrected chi connectivity index (χ2v) is 6.91. The summed E-state index contributed by atoms with van der Waals surface area (Å²) in [7, 11) is 0. The Labute approximate surface area is 146 Å². The smallest absolute Gasteiger partial charge is 0.303 e. The predicted molar refractivity (Wildman–Crippen MR) is 96.8 cm³/mol. The molecule has 4 unspecified atom stereocenters. The molecule has 0 aliphatic heterocycles. The monoisotopic (exact) mass is 338 g/mol. The number of carbonyl (C=O) groups is 1. The normalized spacial score (nSPS) is 25.7. The van der Waals surface area contributed by atoms with Gasteiger partial charge in [0.25, 0.3) is 0 Å².